The molecule has 152 valence electrons. The Labute approximate surface area is 167 Å². The van der Waals surface area contributed by atoms with Gasteiger partial charge in [0.25, 0.3) is 0 Å². The zero-order valence-electron chi connectivity index (χ0n) is 16.1. The van der Waals surface area contributed by atoms with E-state index in [-0.39, 0.29) is 0 Å². The molecule has 0 spiro atoms. The predicted molar refractivity (Wildman–Crippen MR) is 111 cm³/mol. The van der Waals surface area contributed by atoms with E-state index in [1.54, 1.807) is 0 Å². The minimum atomic E-state index is -0.449. The zero-order valence-corrected chi connectivity index (χ0v) is 17.0. The highest BCUT2D eigenvalue weighted by molar-refractivity contribution is 7.99. The van der Waals surface area contributed by atoms with Gasteiger partial charge in [-0.25, -0.2) is 0 Å². The third-order valence-corrected chi connectivity index (χ3v) is 5.94. The molecular weight excluding hydrogens is 362 g/mol. The van der Waals surface area contributed by atoms with Crippen molar-refractivity contribution in [3.63, 3.8) is 0 Å². The summed E-state index contributed by atoms with van der Waals surface area (Å²) in [4.78, 5) is 4.75. The van der Waals surface area contributed by atoms with Crippen LogP contribution in [0.2, 0.25) is 0 Å². The molecule has 1 aromatic carbocycles. The van der Waals surface area contributed by atoms with Gasteiger partial charge in [0.15, 0.2) is 0 Å². The second-order valence-electron chi connectivity index (χ2n) is 7.12. The van der Waals surface area contributed by atoms with E-state index in [2.05, 4.69) is 21.2 Å². The van der Waals surface area contributed by atoms with Crippen LogP contribution in [0.15, 0.2) is 24.3 Å². The van der Waals surface area contributed by atoms with Gasteiger partial charge < -0.3 is 19.9 Å². The van der Waals surface area contributed by atoms with Crippen LogP contribution in [0.5, 0.6) is 5.75 Å². The van der Waals surface area contributed by atoms with Crippen LogP contribution in [0.4, 0.5) is 0 Å². The van der Waals surface area contributed by atoms with Crippen LogP contribution < -0.4 is 10.1 Å². The molecule has 2 fully saturated rings. The molecule has 0 amide bonds. The molecular formula is C20H33N3O3S. The van der Waals surface area contributed by atoms with Gasteiger partial charge >= 0.3 is 0 Å². The van der Waals surface area contributed by atoms with E-state index < -0.39 is 6.10 Å². The summed E-state index contributed by atoms with van der Waals surface area (Å²) in [5, 5.41) is 13.8. The first-order valence-electron chi connectivity index (χ1n) is 10.0. The number of aliphatic hydroxyl groups excluding tert-OH is 1. The van der Waals surface area contributed by atoms with Gasteiger partial charge in [0.1, 0.15) is 18.5 Å². The fourth-order valence-corrected chi connectivity index (χ4v) is 4.37. The van der Waals surface area contributed by atoms with Gasteiger partial charge in [0, 0.05) is 69.4 Å². The molecule has 2 heterocycles. The van der Waals surface area contributed by atoms with E-state index >= 15 is 0 Å². The highest BCUT2D eigenvalue weighted by Crippen LogP contribution is 2.18. The van der Waals surface area contributed by atoms with Crippen molar-refractivity contribution in [2.24, 2.45) is 0 Å². The molecule has 2 N–H and O–H groups in total. The minimum absolute atomic E-state index is 0.342. The van der Waals surface area contributed by atoms with Gasteiger partial charge in [0.2, 0.25) is 0 Å². The van der Waals surface area contributed by atoms with E-state index in [1.165, 1.54) is 0 Å². The van der Waals surface area contributed by atoms with E-state index in [1.807, 2.05) is 30.0 Å². The SMILES string of the molecule is OC(COc1ccccc1CNCCN1CCOCC1)CN1CCSCC1. The number of β-amino-alcohol motifs (C(OH)–C–C–N with tert-alkyl or cyclic N) is 1. The molecule has 2 saturated heterocycles. The Kier molecular flexibility index (Phi) is 9.20. The Bertz CT molecular complexity index is 537. The summed E-state index contributed by atoms with van der Waals surface area (Å²) in [5.41, 5.74) is 1.14. The molecule has 2 aliphatic heterocycles. The van der Waals surface area contributed by atoms with Crippen molar-refractivity contribution in [3.05, 3.63) is 29.8 Å². The third-order valence-electron chi connectivity index (χ3n) is 5.00. The topological polar surface area (TPSA) is 57.2 Å². The zero-order chi connectivity index (χ0) is 18.7. The van der Waals surface area contributed by atoms with E-state index in [0.717, 1.165) is 81.8 Å². The monoisotopic (exact) mass is 395 g/mol. The number of morpholine rings is 1. The number of thioether (sulfide) groups is 1. The fourth-order valence-electron chi connectivity index (χ4n) is 3.40. The predicted octanol–water partition coefficient (Wildman–Crippen LogP) is 0.897. The van der Waals surface area contributed by atoms with Crippen LogP contribution in [0.3, 0.4) is 0 Å². The molecule has 1 atom stereocenters. The van der Waals surface area contributed by atoms with Gasteiger partial charge in [0.05, 0.1) is 13.2 Å². The number of para-hydroxylation sites is 1. The average Bonchev–Trinajstić information content (AvgIpc) is 2.72. The van der Waals surface area contributed by atoms with Crippen molar-refractivity contribution in [1.29, 1.82) is 0 Å². The second kappa shape index (κ2) is 11.9. The number of nitrogens with one attached hydrogen (secondary N) is 1. The van der Waals surface area contributed by atoms with E-state index in [9.17, 15) is 5.11 Å². The lowest BCUT2D eigenvalue weighted by atomic mass is 10.2. The number of benzene rings is 1. The number of hydrogen-bond acceptors (Lipinski definition) is 7. The molecule has 0 saturated carbocycles. The number of aliphatic hydroxyl groups is 1. The molecule has 1 unspecified atom stereocenters. The van der Waals surface area contributed by atoms with Gasteiger partial charge in [-0.15, -0.1) is 0 Å². The summed E-state index contributed by atoms with van der Waals surface area (Å²) in [5.74, 6) is 3.18. The molecule has 0 aliphatic carbocycles. The highest BCUT2D eigenvalue weighted by Gasteiger charge is 2.16. The summed E-state index contributed by atoms with van der Waals surface area (Å²) in [6, 6.07) is 8.10. The molecule has 0 aromatic heterocycles. The van der Waals surface area contributed by atoms with Crippen molar-refractivity contribution in [1.82, 2.24) is 15.1 Å². The Balaban J connectivity index is 1.37. The normalized spacial score (nSPS) is 20.5. The van der Waals surface area contributed by atoms with Crippen LogP contribution in [-0.2, 0) is 11.3 Å². The van der Waals surface area contributed by atoms with Crippen LogP contribution in [0.25, 0.3) is 0 Å². The first-order chi connectivity index (χ1) is 13.3. The molecule has 0 radical (unpaired) electrons. The first kappa shape index (κ1) is 20.9. The lowest BCUT2D eigenvalue weighted by molar-refractivity contribution is 0.0384. The molecule has 6 nitrogen and oxygen atoms in total. The maximum atomic E-state index is 10.3. The molecule has 27 heavy (non-hydrogen) atoms. The quantitative estimate of drug-likeness (QED) is 0.571. The number of nitrogens with zero attached hydrogens (tertiary/aromatic N) is 2. The van der Waals surface area contributed by atoms with Crippen LogP contribution in [0.1, 0.15) is 5.56 Å². The van der Waals surface area contributed by atoms with E-state index in [4.69, 9.17) is 9.47 Å². The summed E-state index contributed by atoms with van der Waals surface area (Å²) >= 11 is 1.99. The number of rotatable bonds is 10. The van der Waals surface area contributed by atoms with Crippen LogP contribution in [-0.4, -0.2) is 98.1 Å². The number of ether oxygens (including phenoxy) is 2. The van der Waals surface area contributed by atoms with Crippen molar-refractivity contribution < 1.29 is 14.6 Å². The maximum Gasteiger partial charge on any atom is 0.123 e. The smallest absolute Gasteiger partial charge is 0.123 e. The Morgan fingerprint density at radius 1 is 1.11 bits per heavy atom. The summed E-state index contributed by atoms with van der Waals surface area (Å²) < 4.78 is 11.3. The Hall–Kier alpha value is -0.830. The first-order valence-corrected chi connectivity index (χ1v) is 11.2. The minimum Gasteiger partial charge on any atom is -0.491 e. The van der Waals surface area contributed by atoms with Gasteiger partial charge in [-0.1, -0.05) is 18.2 Å². The number of hydrogen-bond donors (Lipinski definition) is 2. The highest BCUT2D eigenvalue weighted by atomic mass is 32.2. The summed E-state index contributed by atoms with van der Waals surface area (Å²) in [7, 11) is 0. The van der Waals surface area contributed by atoms with Gasteiger partial charge in [-0.2, -0.15) is 11.8 Å². The third kappa shape index (κ3) is 7.60. The summed E-state index contributed by atoms with van der Waals surface area (Å²) in [6.45, 7) is 9.66. The van der Waals surface area contributed by atoms with Gasteiger partial charge in [-0.3, -0.25) is 9.80 Å². The van der Waals surface area contributed by atoms with Gasteiger partial charge in [-0.05, 0) is 6.07 Å². The Morgan fingerprint density at radius 3 is 2.70 bits per heavy atom. The van der Waals surface area contributed by atoms with Crippen LogP contribution in [0, 0.1) is 0 Å². The standard InChI is InChI=1S/C20H33N3O3S/c24-19(16-23-9-13-27-14-10-23)17-26-20-4-2-1-3-18(20)15-21-5-6-22-7-11-25-12-8-22/h1-4,19,21,24H,5-17H2. The van der Waals surface area contributed by atoms with Crippen LogP contribution >= 0.6 is 11.8 Å². The average molecular weight is 396 g/mol. The van der Waals surface area contributed by atoms with Crippen molar-refractivity contribution in [3.8, 4) is 5.75 Å². The lowest BCUT2D eigenvalue weighted by Crippen LogP contribution is -2.40. The Morgan fingerprint density at radius 2 is 1.89 bits per heavy atom. The maximum absolute atomic E-state index is 10.3. The summed E-state index contributed by atoms with van der Waals surface area (Å²) in [6.07, 6.45) is -0.449. The molecule has 0 bridgehead atoms. The van der Waals surface area contributed by atoms with E-state index in [0.29, 0.717) is 13.2 Å². The second-order valence-corrected chi connectivity index (χ2v) is 8.34. The van der Waals surface area contributed by atoms with Crippen molar-refractivity contribution >= 4 is 11.8 Å². The molecule has 3 rings (SSSR count). The lowest BCUT2D eigenvalue weighted by Gasteiger charge is -2.28. The largest absolute Gasteiger partial charge is 0.491 e. The molecule has 7 heteroatoms. The molecule has 2 aliphatic rings. The van der Waals surface area contributed by atoms with Crippen molar-refractivity contribution in [2.75, 3.05) is 77.1 Å². The molecule has 1 aromatic rings. The van der Waals surface area contributed by atoms with Crippen molar-refractivity contribution in [2.45, 2.75) is 12.6 Å². The fraction of sp³-hybridized carbons (Fsp3) is 0.700.